The number of fused-ring (bicyclic) bond motifs is 1. The number of aliphatic hydroxyl groups excluding tert-OH is 1. The van der Waals surface area contributed by atoms with E-state index in [1.54, 1.807) is 9.12 Å². The number of piperidine rings is 1. The van der Waals surface area contributed by atoms with Crippen molar-refractivity contribution in [1.82, 2.24) is 19.3 Å². The van der Waals surface area contributed by atoms with Crippen molar-refractivity contribution in [1.29, 1.82) is 0 Å². The largest absolute Gasteiger partial charge is 0.395 e. The second-order valence-electron chi connectivity index (χ2n) is 4.63. The standard InChI is InChI=1S/C8H9IN4OS.C5H11N/c9-15-13-3-1-6-7(10-2-4-14)11-5-12-8(6)13;1-2-4-6-5-3-1/h1,3,5,14H,2,4H2,(H,10,11,12);6H,1-5H2. The minimum atomic E-state index is 0.0905. The van der Waals surface area contributed by atoms with Crippen LogP contribution in [0, 0.1) is 0 Å². The average Bonchev–Trinajstić information content (AvgIpc) is 2.99. The number of nitrogens with one attached hydrogen (secondary N) is 2. The van der Waals surface area contributed by atoms with Crippen LogP contribution in [0.5, 0.6) is 0 Å². The molecular formula is C13H20IN5OS. The van der Waals surface area contributed by atoms with E-state index in [4.69, 9.17) is 5.11 Å². The molecule has 0 spiro atoms. The number of nitrogens with zero attached hydrogens (tertiary/aromatic N) is 3. The summed E-state index contributed by atoms with van der Waals surface area (Å²) in [6.45, 7) is 3.09. The van der Waals surface area contributed by atoms with Gasteiger partial charge in [-0.2, -0.15) is 0 Å². The van der Waals surface area contributed by atoms with Crippen molar-refractivity contribution in [3.8, 4) is 0 Å². The highest BCUT2D eigenvalue weighted by Crippen LogP contribution is 2.26. The van der Waals surface area contributed by atoms with E-state index in [0.29, 0.717) is 6.54 Å². The van der Waals surface area contributed by atoms with E-state index >= 15 is 0 Å². The fourth-order valence-corrected chi connectivity index (χ4v) is 3.37. The number of aromatic nitrogens is 3. The van der Waals surface area contributed by atoms with E-state index in [0.717, 1.165) is 16.9 Å². The maximum Gasteiger partial charge on any atom is 0.156 e. The van der Waals surface area contributed by atoms with Crippen LogP contribution in [0.2, 0.25) is 0 Å². The van der Waals surface area contributed by atoms with Gasteiger partial charge in [-0.05, 0) is 32.0 Å². The number of aliphatic hydroxyl groups is 1. The first-order valence-corrected chi connectivity index (χ1v) is 10.3. The molecule has 0 aromatic carbocycles. The van der Waals surface area contributed by atoms with Crippen LogP contribution in [-0.2, 0) is 0 Å². The lowest BCUT2D eigenvalue weighted by atomic mass is 10.2. The number of anilines is 1. The van der Waals surface area contributed by atoms with E-state index in [9.17, 15) is 0 Å². The van der Waals surface area contributed by atoms with Crippen LogP contribution in [0.25, 0.3) is 11.0 Å². The summed E-state index contributed by atoms with van der Waals surface area (Å²) in [5.41, 5.74) is 0.879. The lowest BCUT2D eigenvalue weighted by molar-refractivity contribution is 0.311. The third kappa shape index (κ3) is 4.97. The Labute approximate surface area is 140 Å². The summed E-state index contributed by atoms with van der Waals surface area (Å²) in [6, 6.07) is 1.96. The Morgan fingerprint density at radius 1 is 1.33 bits per heavy atom. The zero-order valence-corrected chi connectivity index (χ0v) is 14.7. The van der Waals surface area contributed by atoms with Gasteiger partial charge in [-0.1, -0.05) is 6.42 Å². The third-order valence-corrected chi connectivity index (χ3v) is 4.85. The summed E-state index contributed by atoms with van der Waals surface area (Å²) >= 11 is 2.20. The van der Waals surface area contributed by atoms with Gasteiger partial charge in [-0.15, -0.1) is 0 Å². The fraction of sp³-hybridized carbons (Fsp3) is 0.538. The van der Waals surface area contributed by atoms with E-state index in [-0.39, 0.29) is 6.61 Å². The maximum atomic E-state index is 8.73. The molecule has 0 atom stereocenters. The normalized spacial score (nSPS) is 14.6. The highest BCUT2D eigenvalue weighted by molar-refractivity contribution is 14.2. The van der Waals surface area contributed by atoms with E-state index in [1.807, 2.05) is 16.2 Å². The van der Waals surface area contributed by atoms with Crippen molar-refractivity contribution in [2.75, 3.05) is 31.6 Å². The molecule has 0 saturated carbocycles. The van der Waals surface area contributed by atoms with Crippen LogP contribution in [0.3, 0.4) is 0 Å². The monoisotopic (exact) mass is 421 g/mol. The van der Waals surface area contributed by atoms with Gasteiger partial charge in [-0.3, -0.25) is 3.97 Å². The highest BCUT2D eigenvalue weighted by Gasteiger charge is 2.07. The Hall–Kier alpha value is -0.580. The zero-order chi connectivity index (χ0) is 14.9. The van der Waals surface area contributed by atoms with Crippen LogP contribution in [0.1, 0.15) is 19.3 Å². The number of rotatable bonds is 4. The molecule has 2 aromatic rings. The van der Waals surface area contributed by atoms with Gasteiger partial charge in [0.15, 0.2) is 5.65 Å². The van der Waals surface area contributed by atoms with Crippen molar-refractivity contribution in [3.05, 3.63) is 18.6 Å². The smallest absolute Gasteiger partial charge is 0.156 e. The predicted molar refractivity (Wildman–Crippen MR) is 96.8 cm³/mol. The molecule has 3 rings (SSSR count). The number of hydrogen-bond donors (Lipinski definition) is 3. The molecule has 116 valence electrons. The molecule has 8 heteroatoms. The fourth-order valence-electron chi connectivity index (χ4n) is 2.10. The summed E-state index contributed by atoms with van der Waals surface area (Å²) in [7, 11) is 1.56. The van der Waals surface area contributed by atoms with Gasteiger partial charge >= 0.3 is 0 Å². The van der Waals surface area contributed by atoms with Gasteiger partial charge in [0, 0.05) is 43.1 Å². The molecule has 3 heterocycles. The van der Waals surface area contributed by atoms with Gasteiger partial charge in [0.25, 0.3) is 0 Å². The first-order chi connectivity index (χ1) is 10.4. The molecule has 3 N–H and O–H groups in total. The summed E-state index contributed by atoms with van der Waals surface area (Å²) < 4.78 is 1.96. The van der Waals surface area contributed by atoms with Crippen molar-refractivity contribution in [3.63, 3.8) is 0 Å². The van der Waals surface area contributed by atoms with Gasteiger partial charge in [-0.25, -0.2) is 9.97 Å². The minimum Gasteiger partial charge on any atom is -0.395 e. The van der Waals surface area contributed by atoms with Crippen LogP contribution in [-0.4, -0.2) is 45.3 Å². The second-order valence-corrected chi connectivity index (χ2v) is 6.34. The van der Waals surface area contributed by atoms with Crippen LogP contribution < -0.4 is 10.6 Å². The van der Waals surface area contributed by atoms with Crippen molar-refractivity contribution in [2.45, 2.75) is 19.3 Å². The molecule has 0 unspecified atom stereocenters. The third-order valence-electron chi connectivity index (χ3n) is 3.13. The van der Waals surface area contributed by atoms with Crippen molar-refractivity contribution in [2.24, 2.45) is 0 Å². The molecule has 2 aromatic heterocycles. The lowest BCUT2D eigenvalue weighted by Crippen LogP contribution is -2.21. The Kier molecular flexibility index (Phi) is 7.54. The molecule has 1 aliphatic rings. The summed E-state index contributed by atoms with van der Waals surface area (Å²) in [5.74, 6) is 0.762. The molecule has 0 aliphatic carbocycles. The zero-order valence-electron chi connectivity index (χ0n) is 11.8. The first kappa shape index (κ1) is 16.8. The molecule has 6 nitrogen and oxygen atoms in total. The SMILES string of the molecule is C1CCNCC1.OCCNc1ncnc2c1ccn2SI. The van der Waals surface area contributed by atoms with Gasteiger partial charge in [0.2, 0.25) is 0 Å². The van der Waals surface area contributed by atoms with Gasteiger partial charge in [0.05, 0.1) is 12.0 Å². The average molecular weight is 421 g/mol. The molecular weight excluding hydrogens is 401 g/mol. The highest BCUT2D eigenvalue weighted by atomic mass is 127. The van der Waals surface area contributed by atoms with E-state index in [1.165, 1.54) is 38.7 Å². The second kappa shape index (κ2) is 9.44. The molecule has 21 heavy (non-hydrogen) atoms. The van der Waals surface area contributed by atoms with Crippen molar-refractivity contribution < 1.29 is 5.11 Å². The Balaban J connectivity index is 0.000000225. The molecule has 0 bridgehead atoms. The van der Waals surface area contributed by atoms with E-state index < -0.39 is 0 Å². The summed E-state index contributed by atoms with van der Waals surface area (Å²) in [4.78, 5) is 8.34. The lowest BCUT2D eigenvalue weighted by Gasteiger charge is -2.08. The Bertz CT molecular complexity index is 535. The predicted octanol–water partition coefficient (Wildman–Crippen LogP) is 2.44. The molecule has 1 aliphatic heterocycles. The molecule has 1 saturated heterocycles. The van der Waals surface area contributed by atoms with Crippen LogP contribution in [0.15, 0.2) is 18.6 Å². The summed E-state index contributed by atoms with van der Waals surface area (Å²) in [6.07, 6.45) is 7.68. The van der Waals surface area contributed by atoms with Crippen LogP contribution >= 0.6 is 30.3 Å². The van der Waals surface area contributed by atoms with Crippen LogP contribution in [0.4, 0.5) is 5.82 Å². The Morgan fingerprint density at radius 3 is 2.71 bits per heavy atom. The minimum absolute atomic E-state index is 0.0905. The number of halogens is 1. The Morgan fingerprint density at radius 2 is 2.14 bits per heavy atom. The quantitative estimate of drug-likeness (QED) is 0.659. The van der Waals surface area contributed by atoms with Crippen molar-refractivity contribution >= 4 is 47.2 Å². The number of hydrogen-bond acceptors (Lipinski definition) is 6. The summed E-state index contributed by atoms with van der Waals surface area (Å²) in [5, 5.41) is 16.0. The molecule has 0 amide bonds. The topological polar surface area (TPSA) is 75.0 Å². The van der Waals surface area contributed by atoms with Gasteiger partial charge in [0.1, 0.15) is 12.1 Å². The van der Waals surface area contributed by atoms with Gasteiger partial charge < -0.3 is 15.7 Å². The first-order valence-electron chi connectivity index (χ1n) is 7.03. The molecule has 0 radical (unpaired) electrons. The van der Waals surface area contributed by atoms with E-state index in [2.05, 4.69) is 41.8 Å². The maximum absolute atomic E-state index is 8.73. The molecule has 1 fully saturated rings.